The number of hydrogen-bond acceptors (Lipinski definition) is 3. The minimum atomic E-state index is -0.0279. The summed E-state index contributed by atoms with van der Waals surface area (Å²) in [5, 5.41) is 2.94. The molecule has 0 amide bonds. The zero-order valence-electron chi connectivity index (χ0n) is 17.8. The monoisotopic (exact) mass is 396 g/mol. The number of para-hydroxylation sites is 1. The van der Waals surface area contributed by atoms with Crippen molar-refractivity contribution in [3.8, 4) is 11.4 Å². The fourth-order valence-electron chi connectivity index (χ4n) is 3.53. The highest BCUT2D eigenvalue weighted by Crippen LogP contribution is 2.20. The lowest BCUT2D eigenvalue weighted by Crippen LogP contribution is -3.09. The molecule has 0 bridgehead atoms. The van der Waals surface area contributed by atoms with Crippen molar-refractivity contribution < 1.29 is 15.0 Å². The van der Waals surface area contributed by atoms with E-state index in [4.69, 9.17) is 9.72 Å². The molecule has 3 N–H and O–H groups in total. The van der Waals surface area contributed by atoms with E-state index in [0.717, 1.165) is 42.3 Å². The number of likely N-dealkylation sites (N-methyl/N-ethyl adjacent to an activating group) is 1. The molecular formula is C23H32N4O2+2. The van der Waals surface area contributed by atoms with Crippen LogP contribution in [0, 0.1) is 0 Å². The van der Waals surface area contributed by atoms with E-state index >= 15 is 0 Å². The largest absolute Gasteiger partial charge is 0.494 e. The van der Waals surface area contributed by atoms with Gasteiger partial charge in [-0.25, -0.2) is 4.98 Å². The molecule has 6 heteroatoms. The van der Waals surface area contributed by atoms with Crippen molar-refractivity contribution in [1.29, 1.82) is 0 Å². The normalized spacial score (nSPS) is 12.4. The Morgan fingerprint density at radius 1 is 1.10 bits per heavy atom. The minimum absolute atomic E-state index is 0.0279. The van der Waals surface area contributed by atoms with Gasteiger partial charge in [-0.3, -0.25) is 9.36 Å². The summed E-state index contributed by atoms with van der Waals surface area (Å²) in [5.74, 6) is 1.60. The zero-order chi connectivity index (χ0) is 20.8. The molecule has 0 saturated heterocycles. The second kappa shape index (κ2) is 9.67. The van der Waals surface area contributed by atoms with Crippen LogP contribution < -0.4 is 20.5 Å². The highest BCUT2D eigenvalue weighted by Gasteiger charge is 2.22. The molecule has 3 aromatic rings. The van der Waals surface area contributed by atoms with Crippen molar-refractivity contribution in [2.24, 2.45) is 0 Å². The standard InChI is InChI=1S/C23H30N4O2/c1-5-20(24-15-16-26(3)4)22-25-21-10-8-7-9-19(21)23(28)27(22)17-11-13-18(14-12-17)29-6-2/h7-14,20,24H,5-6,15-16H2,1-4H3/p+2/t20-/m1/s1. The van der Waals surface area contributed by atoms with Gasteiger partial charge >= 0.3 is 0 Å². The van der Waals surface area contributed by atoms with Crippen molar-refractivity contribution in [1.82, 2.24) is 9.55 Å². The van der Waals surface area contributed by atoms with Gasteiger partial charge in [-0.2, -0.15) is 0 Å². The smallest absolute Gasteiger partial charge is 0.266 e. The Bertz CT molecular complexity index is 996. The van der Waals surface area contributed by atoms with Gasteiger partial charge in [-0.05, 0) is 43.3 Å². The van der Waals surface area contributed by atoms with Crippen molar-refractivity contribution in [3.05, 3.63) is 64.7 Å². The molecular weight excluding hydrogens is 364 g/mol. The van der Waals surface area contributed by atoms with Gasteiger partial charge in [0.2, 0.25) is 0 Å². The molecule has 0 radical (unpaired) electrons. The summed E-state index contributed by atoms with van der Waals surface area (Å²) in [7, 11) is 4.30. The first-order valence-corrected chi connectivity index (χ1v) is 10.4. The van der Waals surface area contributed by atoms with Crippen LogP contribution in [0.4, 0.5) is 0 Å². The summed E-state index contributed by atoms with van der Waals surface area (Å²) in [5.41, 5.74) is 1.54. The molecule has 0 saturated carbocycles. The second-order valence-electron chi connectivity index (χ2n) is 7.55. The third-order valence-electron chi connectivity index (χ3n) is 5.07. The van der Waals surface area contributed by atoms with Crippen LogP contribution in [0.25, 0.3) is 16.6 Å². The molecule has 0 fully saturated rings. The average molecular weight is 397 g/mol. The van der Waals surface area contributed by atoms with Crippen LogP contribution in [0.1, 0.15) is 32.1 Å². The molecule has 1 atom stereocenters. The van der Waals surface area contributed by atoms with E-state index in [1.807, 2.05) is 55.5 Å². The van der Waals surface area contributed by atoms with Crippen molar-refractivity contribution in [2.75, 3.05) is 33.8 Å². The molecule has 0 aliphatic heterocycles. The third-order valence-corrected chi connectivity index (χ3v) is 5.07. The highest BCUT2D eigenvalue weighted by atomic mass is 16.5. The number of fused-ring (bicyclic) bond motifs is 1. The molecule has 6 nitrogen and oxygen atoms in total. The number of nitrogens with one attached hydrogen (secondary N) is 1. The molecule has 0 unspecified atom stereocenters. The molecule has 0 aliphatic rings. The van der Waals surface area contributed by atoms with Gasteiger partial charge in [0.15, 0.2) is 5.82 Å². The first-order chi connectivity index (χ1) is 14.0. The number of quaternary nitrogens is 2. The summed E-state index contributed by atoms with van der Waals surface area (Å²) in [4.78, 5) is 19.8. The van der Waals surface area contributed by atoms with E-state index in [2.05, 4.69) is 26.3 Å². The van der Waals surface area contributed by atoms with E-state index in [0.29, 0.717) is 12.0 Å². The lowest BCUT2D eigenvalue weighted by molar-refractivity contribution is -0.877. The Labute approximate surface area is 172 Å². The first kappa shape index (κ1) is 21.0. The van der Waals surface area contributed by atoms with Crippen LogP contribution in [0.3, 0.4) is 0 Å². The Morgan fingerprint density at radius 3 is 2.48 bits per heavy atom. The van der Waals surface area contributed by atoms with Crippen molar-refractivity contribution in [3.63, 3.8) is 0 Å². The predicted octanol–water partition coefficient (Wildman–Crippen LogP) is 0.943. The van der Waals surface area contributed by atoms with Crippen LogP contribution in [-0.4, -0.2) is 43.3 Å². The quantitative estimate of drug-likeness (QED) is 0.566. The number of nitrogens with zero attached hydrogens (tertiary/aromatic N) is 2. The number of nitrogens with two attached hydrogens (primary N) is 1. The number of rotatable bonds is 9. The second-order valence-corrected chi connectivity index (χ2v) is 7.55. The molecule has 3 rings (SSSR count). The Morgan fingerprint density at radius 2 is 1.83 bits per heavy atom. The van der Waals surface area contributed by atoms with Gasteiger partial charge in [-0.1, -0.05) is 19.1 Å². The minimum Gasteiger partial charge on any atom is -0.494 e. The van der Waals surface area contributed by atoms with Gasteiger partial charge in [0.25, 0.3) is 5.56 Å². The van der Waals surface area contributed by atoms with E-state index in [-0.39, 0.29) is 11.6 Å². The van der Waals surface area contributed by atoms with Gasteiger partial charge in [0.05, 0.1) is 37.3 Å². The molecule has 29 heavy (non-hydrogen) atoms. The third kappa shape index (κ3) is 4.83. The van der Waals surface area contributed by atoms with Gasteiger partial charge < -0.3 is 15.0 Å². The Kier molecular flexibility index (Phi) is 7.01. The molecule has 0 aliphatic carbocycles. The summed E-state index contributed by atoms with van der Waals surface area (Å²) in [6.07, 6.45) is 0.893. The highest BCUT2D eigenvalue weighted by molar-refractivity contribution is 5.77. The van der Waals surface area contributed by atoms with Crippen LogP contribution in [0.2, 0.25) is 0 Å². The van der Waals surface area contributed by atoms with Crippen LogP contribution in [-0.2, 0) is 0 Å². The van der Waals surface area contributed by atoms with Crippen molar-refractivity contribution >= 4 is 10.9 Å². The maximum atomic E-state index is 13.4. The average Bonchev–Trinajstić information content (AvgIpc) is 2.72. The summed E-state index contributed by atoms with van der Waals surface area (Å²) in [6.45, 7) is 6.75. The van der Waals surface area contributed by atoms with Gasteiger partial charge in [-0.15, -0.1) is 0 Å². The van der Waals surface area contributed by atoms with E-state index in [9.17, 15) is 4.79 Å². The molecule has 0 spiro atoms. The molecule has 1 heterocycles. The number of hydrogen-bond donors (Lipinski definition) is 2. The lowest BCUT2D eigenvalue weighted by atomic mass is 10.1. The maximum Gasteiger partial charge on any atom is 0.266 e. The molecule has 154 valence electrons. The Hall–Kier alpha value is -2.70. The Balaban J connectivity index is 2.11. The van der Waals surface area contributed by atoms with Crippen LogP contribution in [0.5, 0.6) is 5.75 Å². The SMILES string of the molecule is CCOc1ccc(-n2c([C@@H](CC)[NH2+]CC[NH+](C)C)nc3ccccc3c2=O)cc1. The fraction of sp³-hybridized carbons (Fsp3) is 0.391. The van der Waals surface area contributed by atoms with Crippen LogP contribution >= 0.6 is 0 Å². The predicted molar refractivity (Wildman–Crippen MR) is 116 cm³/mol. The van der Waals surface area contributed by atoms with Crippen molar-refractivity contribution in [2.45, 2.75) is 26.3 Å². The summed E-state index contributed by atoms with van der Waals surface area (Å²) < 4.78 is 7.33. The lowest BCUT2D eigenvalue weighted by Gasteiger charge is -2.20. The van der Waals surface area contributed by atoms with E-state index < -0.39 is 0 Å². The van der Waals surface area contributed by atoms with Crippen LogP contribution in [0.15, 0.2) is 53.3 Å². The first-order valence-electron chi connectivity index (χ1n) is 10.4. The van der Waals surface area contributed by atoms with E-state index in [1.54, 1.807) is 4.57 Å². The topological polar surface area (TPSA) is 65.2 Å². The fourth-order valence-corrected chi connectivity index (χ4v) is 3.53. The van der Waals surface area contributed by atoms with Gasteiger partial charge in [0, 0.05) is 6.42 Å². The van der Waals surface area contributed by atoms with E-state index in [1.165, 1.54) is 4.90 Å². The maximum absolute atomic E-state index is 13.4. The number of aromatic nitrogens is 2. The summed E-state index contributed by atoms with van der Waals surface area (Å²) in [6, 6.07) is 15.4. The number of benzene rings is 2. The zero-order valence-corrected chi connectivity index (χ0v) is 17.8. The van der Waals surface area contributed by atoms with Gasteiger partial charge in [0.1, 0.15) is 24.9 Å². The molecule has 2 aromatic carbocycles. The molecule has 1 aromatic heterocycles. The number of ether oxygens (including phenoxy) is 1. The summed E-state index contributed by atoms with van der Waals surface area (Å²) >= 11 is 0.